The average molecular weight is 236 g/mol. The Labute approximate surface area is 86.8 Å². The van der Waals surface area contributed by atoms with Crippen LogP contribution in [0.4, 0.5) is 8.78 Å². The van der Waals surface area contributed by atoms with Crippen LogP contribution < -0.4 is 0 Å². The van der Waals surface area contributed by atoms with Crippen molar-refractivity contribution in [3.8, 4) is 0 Å². The van der Waals surface area contributed by atoms with E-state index in [1.54, 1.807) is 13.0 Å². The van der Waals surface area contributed by atoms with E-state index in [1.165, 1.54) is 18.2 Å². The summed E-state index contributed by atoms with van der Waals surface area (Å²) in [6.45, 7) is 0.586. The zero-order chi connectivity index (χ0) is 11.5. The molecular formula is C9H10F2O3S. The fourth-order valence-electron chi connectivity index (χ4n) is 0.980. The van der Waals surface area contributed by atoms with Gasteiger partial charge in [0, 0.05) is 0 Å². The first-order valence-corrected chi connectivity index (χ1v) is 5.57. The maximum atomic E-state index is 11.8. The summed E-state index contributed by atoms with van der Waals surface area (Å²) in [7, 11) is -4.06. The van der Waals surface area contributed by atoms with Gasteiger partial charge in [0.15, 0.2) is 0 Å². The first-order chi connectivity index (χ1) is 6.92. The monoisotopic (exact) mass is 236 g/mol. The molecule has 0 N–H and O–H groups in total. The lowest BCUT2D eigenvalue weighted by molar-refractivity contribution is 0.0848. The molecule has 0 radical (unpaired) electrons. The summed E-state index contributed by atoms with van der Waals surface area (Å²) in [5, 5.41) is 0. The second kappa shape index (κ2) is 4.67. The van der Waals surface area contributed by atoms with Crippen LogP contribution >= 0.6 is 0 Å². The number of rotatable bonds is 4. The predicted octanol–water partition coefficient (Wildman–Crippen LogP) is 1.97. The van der Waals surface area contributed by atoms with Gasteiger partial charge in [0.2, 0.25) is 0 Å². The van der Waals surface area contributed by atoms with E-state index in [1.807, 2.05) is 0 Å². The minimum atomic E-state index is -4.06. The van der Waals surface area contributed by atoms with E-state index < -0.39 is 23.2 Å². The summed E-state index contributed by atoms with van der Waals surface area (Å²) in [5.74, 6) is 0. The number of halogens is 2. The molecule has 1 rings (SSSR count). The molecule has 0 aliphatic rings. The molecule has 15 heavy (non-hydrogen) atoms. The SMILES string of the molecule is Cc1cccc(S(=O)(=O)OCC(F)F)c1. The molecule has 0 saturated carbocycles. The van der Waals surface area contributed by atoms with Crippen molar-refractivity contribution in [1.29, 1.82) is 0 Å². The normalized spacial score (nSPS) is 12.0. The van der Waals surface area contributed by atoms with Gasteiger partial charge in [-0.05, 0) is 24.6 Å². The predicted molar refractivity (Wildman–Crippen MR) is 50.3 cm³/mol. The molecule has 84 valence electrons. The van der Waals surface area contributed by atoms with Gasteiger partial charge in [-0.2, -0.15) is 8.42 Å². The number of benzene rings is 1. The van der Waals surface area contributed by atoms with Crippen LogP contribution in [0.2, 0.25) is 0 Å². The molecule has 0 spiro atoms. The van der Waals surface area contributed by atoms with Gasteiger partial charge in [-0.15, -0.1) is 0 Å². The number of alkyl halides is 2. The van der Waals surface area contributed by atoms with Crippen LogP contribution in [0, 0.1) is 6.92 Å². The second-order valence-electron chi connectivity index (χ2n) is 2.95. The Morgan fingerprint density at radius 1 is 1.40 bits per heavy atom. The standard InChI is InChI=1S/C9H10F2O3S/c1-7-3-2-4-8(5-7)15(12,13)14-6-9(10)11/h2-5,9H,6H2,1H3. The lowest BCUT2D eigenvalue weighted by atomic mass is 10.2. The summed E-state index contributed by atoms with van der Waals surface area (Å²) >= 11 is 0. The molecular weight excluding hydrogens is 226 g/mol. The molecule has 0 heterocycles. The van der Waals surface area contributed by atoms with Gasteiger partial charge in [-0.25, -0.2) is 8.78 Å². The van der Waals surface area contributed by atoms with Gasteiger partial charge in [-0.1, -0.05) is 12.1 Å². The quantitative estimate of drug-likeness (QED) is 0.750. The van der Waals surface area contributed by atoms with Crippen LogP contribution in [-0.4, -0.2) is 21.5 Å². The summed E-state index contributed by atoms with van der Waals surface area (Å²) in [5.41, 5.74) is 0.719. The number of hydrogen-bond acceptors (Lipinski definition) is 3. The summed E-state index contributed by atoms with van der Waals surface area (Å²) in [6.07, 6.45) is -2.80. The third-order valence-electron chi connectivity index (χ3n) is 1.63. The molecule has 0 unspecified atom stereocenters. The smallest absolute Gasteiger partial charge is 0.260 e. The Hall–Kier alpha value is -1.01. The van der Waals surface area contributed by atoms with Crippen molar-refractivity contribution < 1.29 is 21.4 Å². The molecule has 0 saturated heterocycles. The summed E-state index contributed by atoms with van der Waals surface area (Å²) < 4.78 is 50.4. The van der Waals surface area contributed by atoms with E-state index in [-0.39, 0.29) is 4.90 Å². The third kappa shape index (κ3) is 3.56. The van der Waals surface area contributed by atoms with Gasteiger partial charge >= 0.3 is 0 Å². The Balaban J connectivity index is 2.87. The highest BCUT2D eigenvalue weighted by Crippen LogP contribution is 2.14. The van der Waals surface area contributed by atoms with Crippen LogP contribution in [0.1, 0.15) is 5.56 Å². The van der Waals surface area contributed by atoms with Gasteiger partial charge in [0.25, 0.3) is 16.5 Å². The lowest BCUT2D eigenvalue weighted by Gasteiger charge is -2.05. The van der Waals surface area contributed by atoms with Crippen molar-refractivity contribution in [3.05, 3.63) is 29.8 Å². The first-order valence-electron chi connectivity index (χ1n) is 4.16. The Kier molecular flexibility index (Phi) is 3.76. The molecule has 0 amide bonds. The highest BCUT2D eigenvalue weighted by Gasteiger charge is 2.17. The Morgan fingerprint density at radius 2 is 2.07 bits per heavy atom. The largest absolute Gasteiger partial charge is 0.297 e. The van der Waals surface area contributed by atoms with Crippen LogP contribution in [-0.2, 0) is 14.3 Å². The maximum absolute atomic E-state index is 11.8. The molecule has 0 aromatic heterocycles. The molecule has 0 fully saturated rings. The topological polar surface area (TPSA) is 43.4 Å². The van der Waals surface area contributed by atoms with Gasteiger partial charge < -0.3 is 0 Å². The summed E-state index contributed by atoms with van der Waals surface area (Å²) in [4.78, 5) is -0.108. The first kappa shape index (κ1) is 12.1. The second-order valence-corrected chi connectivity index (χ2v) is 4.56. The van der Waals surface area contributed by atoms with Crippen LogP contribution in [0.3, 0.4) is 0 Å². The zero-order valence-electron chi connectivity index (χ0n) is 7.98. The van der Waals surface area contributed by atoms with Gasteiger partial charge in [-0.3, -0.25) is 4.18 Å². The molecule has 0 atom stereocenters. The fraction of sp³-hybridized carbons (Fsp3) is 0.333. The lowest BCUT2D eigenvalue weighted by Crippen LogP contribution is -2.12. The highest BCUT2D eigenvalue weighted by atomic mass is 32.2. The van der Waals surface area contributed by atoms with E-state index in [0.29, 0.717) is 0 Å². The molecule has 0 aliphatic carbocycles. The maximum Gasteiger partial charge on any atom is 0.297 e. The van der Waals surface area contributed by atoms with Crippen molar-refractivity contribution in [2.24, 2.45) is 0 Å². The Morgan fingerprint density at radius 3 is 2.60 bits per heavy atom. The highest BCUT2D eigenvalue weighted by molar-refractivity contribution is 7.86. The molecule has 1 aromatic rings. The zero-order valence-corrected chi connectivity index (χ0v) is 8.80. The van der Waals surface area contributed by atoms with Gasteiger partial charge in [0.05, 0.1) is 4.90 Å². The van der Waals surface area contributed by atoms with E-state index in [9.17, 15) is 17.2 Å². The minimum absolute atomic E-state index is 0.108. The molecule has 0 aliphatic heterocycles. The van der Waals surface area contributed by atoms with Crippen LogP contribution in [0.25, 0.3) is 0 Å². The number of aryl methyl sites for hydroxylation is 1. The molecule has 6 heteroatoms. The minimum Gasteiger partial charge on any atom is -0.260 e. The molecule has 1 aromatic carbocycles. The fourth-order valence-corrected chi connectivity index (χ4v) is 1.97. The molecule has 0 bridgehead atoms. The Bertz CT molecular complexity index is 429. The van der Waals surface area contributed by atoms with Crippen molar-refractivity contribution in [1.82, 2.24) is 0 Å². The van der Waals surface area contributed by atoms with Crippen molar-refractivity contribution in [2.45, 2.75) is 18.2 Å². The van der Waals surface area contributed by atoms with E-state index in [0.717, 1.165) is 5.56 Å². The van der Waals surface area contributed by atoms with Crippen molar-refractivity contribution >= 4 is 10.1 Å². The van der Waals surface area contributed by atoms with Gasteiger partial charge in [0.1, 0.15) is 6.61 Å². The van der Waals surface area contributed by atoms with E-state index in [2.05, 4.69) is 4.18 Å². The van der Waals surface area contributed by atoms with E-state index >= 15 is 0 Å². The summed E-state index contributed by atoms with van der Waals surface area (Å²) in [6, 6.07) is 5.88. The third-order valence-corrected chi connectivity index (χ3v) is 2.91. The van der Waals surface area contributed by atoms with Crippen molar-refractivity contribution in [3.63, 3.8) is 0 Å². The average Bonchev–Trinajstić information content (AvgIpc) is 2.15. The van der Waals surface area contributed by atoms with Crippen LogP contribution in [0.15, 0.2) is 29.2 Å². The van der Waals surface area contributed by atoms with Crippen molar-refractivity contribution in [2.75, 3.05) is 6.61 Å². The number of hydrogen-bond donors (Lipinski definition) is 0. The van der Waals surface area contributed by atoms with E-state index in [4.69, 9.17) is 0 Å². The molecule has 3 nitrogen and oxygen atoms in total. The van der Waals surface area contributed by atoms with Crippen LogP contribution in [0.5, 0.6) is 0 Å².